The number of hydrogen-bond donors (Lipinski definition) is 0. The molecule has 0 saturated carbocycles. The Morgan fingerprint density at radius 3 is 2.03 bits per heavy atom. The van der Waals surface area contributed by atoms with Crippen LogP contribution >= 0.6 is 0 Å². The van der Waals surface area contributed by atoms with Crippen LogP contribution in [0.1, 0.15) is 55.8 Å². The molecule has 0 radical (unpaired) electrons. The minimum atomic E-state index is -1.06. The highest BCUT2D eigenvalue weighted by atomic mass is 16.8. The fourth-order valence-corrected chi connectivity index (χ4v) is 2.82. The molecule has 34 heavy (non-hydrogen) atoms. The number of unbranched alkanes of at least 4 members (excludes halogenated alkanes) is 5. The molecule has 0 aromatic heterocycles. The van der Waals surface area contributed by atoms with E-state index >= 15 is 0 Å². The van der Waals surface area contributed by atoms with Gasteiger partial charge in [0.05, 0.1) is 12.2 Å². The Balaban J connectivity index is 1.73. The van der Waals surface area contributed by atoms with E-state index in [1.165, 1.54) is 49.9 Å². The van der Waals surface area contributed by atoms with Gasteiger partial charge in [-0.1, -0.05) is 45.6 Å². The average molecular weight is 471 g/mol. The predicted octanol–water partition coefficient (Wildman–Crippen LogP) is 5.85. The van der Waals surface area contributed by atoms with Gasteiger partial charge in [-0.05, 0) is 55.0 Å². The minimum Gasteiger partial charge on any atom is -0.494 e. The van der Waals surface area contributed by atoms with E-state index in [4.69, 9.17) is 14.2 Å². The zero-order valence-corrected chi connectivity index (χ0v) is 19.3. The van der Waals surface area contributed by atoms with Crippen molar-refractivity contribution in [3.63, 3.8) is 0 Å². The van der Waals surface area contributed by atoms with E-state index in [2.05, 4.69) is 23.0 Å². The fourth-order valence-electron chi connectivity index (χ4n) is 2.82. The topological polar surface area (TPSA) is 97.4 Å². The second-order valence-corrected chi connectivity index (χ2v) is 7.28. The van der Waals surface area contributed by atoms with E-state index < -0.39 is 24.9 Å². The smallest absolute Gasteiger partial charge is 0.494 e. The van der Waals surface area contributed by atoms with Gasteiger partial charge in [-0.3, -0.25) is 0 Å². The molecule has 0 spiro atoms. The Bertz CT molecular complexity index is 919. The first-order valence-electron chi connectivity index (χ1n) is 11.2. The van der Waals surface area contributed by atoms with Crippen molar-refractivity contribution in [2.24, 2.45) is 0 Å². The fraction of sp³-hybridized carbons (Fsp3) is 0.346. The summed E-state index contributed by atoms with van der Waals surface area (Å²) in [5.74, 6) is -0.0448. The zero-order valence-electron chi connectivity index (χ0n) is 19.3. The second kappa shape index (κ2) is 15.1. The van der Waals surface area contributed by atoms with Gasteiger partial charge in [-0.2, -0.15) is 0 Å². The Morgan fingerprint density at radius 2 is 1.35 bits per heavy atom. The van der Waals surface area contributed by atoms with Gasteiger partial charge in [-0.25, -0.2) is 14.4 Å². The molecule has 0 aliphatic heterocycles. The van der Waals surface area contributed by atoms with Crippen LogP contribution in [0.2, 0.25) is 0 Å². The van der Waals surface area contributed by atoms with Crippen molar-refractivity contribution < 1.29 is 38.1 Å². The lowest BCUT2D eigenvalue weighted by Gasteiger charge is -2.09. The number of carbonyl (C=O) groups is 3. The molecule has 0 amide bonds. The highest BCUT2D eigenvalue weighted by Crippen LogP contribution is 2.20. The van der Waals surface area contributed by atoms with E-state index in [-0.39, 0.29) is 11.3 Å². The molecule has 182 valence electrons. The lowest BCUT2D eigenvalue weighted by molar-refractivity contribution is -0.146. The molecule has 0 aliphatic carbocycles. The van der Waals surface area contributed by atoms with E-state index in [0.717, 1.165) is 24.7 Å². The quantitative estimate of drug-likeness (QED) is 0.0847. The Kier molecular flexibility index (Phi) is 11.7. The van der Waals surface area contributed by atoms with Crippen LogP contribution in [0.3, 0.4) is 0 Å². The third-order valence-corrected chi connectivity index (χ3v) is 4.64. The normalized spacial score (nSPS) is 10.1. The van der Waals surface area contributed by atoms with Gasteiger partial charge in [0.15, 0.2) is 0 Å². The van der Waals surface area contributed by atoms with Gasteiger partial charge >= 0.3 is 18.1 Å². The van der Waals surface area contributed by atoms with Gasteiger partial charge in [0, 0.05) is 6.08 Å². The highest BCUT2D eigenvalue weighted by Gasteiger charge is 2.11. The predicted molar refractivity (Wildman–Crippen MR) is 125 cm³/mol. The van der Waals surface area contributed by atoms with Gasteiger partial charge in [-0.15, -0.1) is 0 Å². The zero-order chi connectivity index (χ0) is 24.6. The summed E-state index contributed by atoms with van der Waals surface area (Å²) >= 11 is 0. The van der Waals surface area contributed by atoms with Crippen LogP contribution < -0.4 is 14.2 Å². The maximum atomic E-state index is 12.3. The van der Waals surface area contributed by atoms with Crippen molar-refractivity contribution in [2.45, 2.75) is 45.4 Å². The number of hydrogen-bond acceptors (Lipinski definition) is 8. The summed E-state index contributed by atoms with van der Waals surface area (Å²) in [6.45, 7) is 5.47. The third kappa shape index (κ3) is 10.2. The molecule has 8 heteroatoms. The van der Waals surface area contributed by atoms with Crippen molar-refractivity contribution in [1.82, 2.24) is 0 Å². The lowest BCUT2D eigenvalue weighted by atomic mass is 10.1. The number of esters is 2. The molecular weight excluding hydrogens is 440 g/mol. The van der Waals surface area contributed by atoms with E-state index in [1.54, 1.807) is 24.3 Å². The molecule has 0 aliphatic rings. The van der Waals surface area contributed by atoms with E-state index in [1.807, 2.05) is 0 Å². The number of benzene rings is 2. The Hall–Kier alpha value is -3.81. The summed E-state index contributed by atoms with van der Waals surface area (Å²) in [6, 6.07) is 12.6. The summed E-state index contributed by atoms with van der Waals surface area (Å²) in [5.41, 5.74) is 0.268. The molecule has 0 saturated heterocycles. The van der Waals surface area contributed by atoms with Crippen LogP contribution in [0.4, 0.5) is 4.79 Å². The van der Waals surface area contributed by atoms with Crippen LogP contribution in [-0.2, 0) is 14.3 Å². The van der Waals surface area contributed by atoms with Crippen LogP contribution in [-0.4, -0.2) is 31.5 Å². The van der Waals surface area contributed by atoms with Gasteiger partial charge in [0.25, 0.3) is 0 Å². The second-order valence-electron chi connectivity index (χ2n) is 7.28. The van der Waals surface area contributed by atoms with E-state index in [0.29, 0.717) is 12.4 Å². The van der Waals surface area contributed by atoms with Crippen LogP contribution in [0.5, 0.6) is 17.2 Å². The molecule has 0 heterocycles. The lowest BCUT2D eigenvalue weighted by Crippen LogP contribution is -2.15. The molecule has 0 bridgehead atoms. The Morgan fingerprint density at radius 1 is 0.765 bits per heavy atom. The summed E-state index contributed by atoms with van der Waals surface area (Å²) < 4.78 is 25.1. The molecule has 0 N–H and O–H groups in total. The highest BCUT2D eigenvalue weighted by molar-refractivity contribution is 5.91. The summed E-state index contributed by atoms with van der Waals surface area (Å²) in [6.07, 6.45) is 7.07. The molecule has 2 aromatic carbocycles. The number of ether oxygens (including phenoxy) is 5. The van der Waals surface area contributed by atoms with Crippen LogP contribution in [0.15, 0.2) is 61.2 Å². The summed E-state index contributed by atoms with van der Waals surface area (Å²) in [7, 11) is 0. The van der Waals surface area contributed by atoms with Crippen molar-refractivity contribution >= 4 is 18.1 Å². The van der Waals surface area contributed by atoms with Gasteiger partial charge in [0.2, 0.25) is 6.79 Å². The molecular formula is C26H30O8. The van der Waals surface area contributed by atoms with Crippen molar-refractivity contribution in [3.05, 3.63) is 66.7 Å². The van der Waals surface area contributed by atoms with Crippen LogP contribution in [0.25, 0.3) is 0 Å². The van der Waals surface area contributed by atoms with Crippen molar-refractivity contribution in [3.8, 4) is 17.2 Å². The van der Waals surface area contributed by atoms with E-state index in [9.17, 15) is 14.4 Å². The summed E-state index contributed by atoms with van der Waals surface area (Å²) in [5, 5.41) is 0. The Labute approximate surface area is 199 Å². The number of carbonyl (C=O) groups excluding carboxylic acids is 3. The molecule has 2 aromatic rings. The largest absolute Gasteiger partial charge is 0.516 e. The first-order chi connectivity index (χ1) is 16.5. The molecule has 8 nitrogen and oxygen atoms in total. The molecule has 0 atom stereocenters. The minimum absolute atomic E-state index is 0.142. The SMILES string of the molecule is C=CC(=O)OCOC(=O)Oc1ccc(C(=O)Oc2ccc(OCCCCCCCC)cc2)cc1. The maximum Gasteiger partial charge on any atom is 0.516 e. The monoisotopic (exact) mass is 470 g/mol. The number of rotatable bonds is 14. The molecule has 2 rings (SSSR count). The first-order valence-corrected chi connectivity index (χ1v) is 11.2. The third-order valence-electron chi connectivity index (χ3n) is 4.64. The molecule has 0 unspecified atom stereocenters. The maximum absolute atomic E-state index is 12.3. The first kappa shape index (κ1) is 26.4. The average Bonchev–Trinajstić information content (AvgIpc) is 2.84. The van der Waals surface area contributed by atoms with Crippen LogP contribution in [0, 0.1) is 0 Å². The van der Waals surface area contributed by atoms with Crippen molar-refractivity contribution in [2.75, 3.05) is 13.4 Å². The van der Waals surface area contributed by atoms with Gasteiger partial charge < -0.3 is 23.7 Å². The van der Waals surface area contributed by atoms with Gasteiger partial charge in [0.1, 0.15) is 17.2 Å². The van der Waals surface area contributed by atoms with Crippen molar-refractivity contribution in [1.29, 1.82) is 0 Å². The molecule has 0 fully saturated rings. The summed E-state index contributed by atoms with van der Waals surface area (Å²) in [4.78, 5) is 34.8. The standard InChI is InChI=1S/C26H30O8/c1-3-5-6-7-8-9-18-30-21-14-16-22(17-15-21)33-25(28)20-10-12-23(13-11-20)34-26(29)32-19-31-24(27)4-2/h4,10-17H,2-3,5-9,18-19H2,1H3.